The molecule has 1 N–H and O–H groups in total. The van der Waals surface area contributed by atoms with E-state index in [1.807, 2.05) is 0 Å². The molecular weight excluding hydrogens is 200 g/mol. The summed E-state index contributed by atoms with van der Waals surface area (Å²) in [6, 6.07) is 0. The van der Waals surface area contributed by atoms with Gasteiger partial charge in [-0.05, 0) is 43.9 Å². The standard InChI is InChI=1S/C14H26O2/c1-3-11(4-2)13(15)12-6-9-16-14(10-12)7-5-8-14/h11-13,15H,3-10H2,1-2H3. The van der Waals surface area contributed by atoms with Crippen molar-refractivity contribution in [1.29, 1.82) is 0 Å². The van der Waals surface area contributed by atoms with Gasteiger partial charge in [-0.2, -0.15) is 0 Å². The first-order valence-electron chi connectivity index (χ1n) is 7.03. The van der Waals surface area contributed by atoms with Crippen LogP contribution in [0.1, 0.15) is 58.8 Å². The van der Waals surface area contributed by atoms with E-state index in [1.165, 1.54) is 19.3 Å². The number of ether oxygens (including phenoxy) is 1. The van der Waals surface area contributed by atoms with Gasteiger partial charge in [-0.1, -0.05) is 26.7 Å². The maximum absolute atomic E-state index is 10.4. The van der Waals surface area contributed by atoms with Crippen LogP contribution in [-0.2, 0) is 4.74 Å². The zero-order chi connectivity index (χ0) is 11.6. The van der Waals surface area contributed by atoms with Crippen molar-refractivity contribution in [3.05, 3.63) is 0 Å². The van der Waals surface area contributed by atoms with Gasteiger partial charge in [-0.25, -0.2) is 0 Å². The molecule has 1 saturated heterocycles. The minimum Gasteiger partial charge on any atom is -0.393 e. The quantitative estimate of drug-likeness (QED) is 0.798. The molecule has 16 heavy (non-hydrogen) atoms. The third-order valence-electron chi connectivity index (χ3n) is 4.81. The molecule has 2 fully saturated rings. The fourth-order valence-electron chi connectivity index (χ4n) is 3.43. The van der Waals surface area contributed by atoms with E-state index in [2.05, 4.69) is 13.8 Å². The first-order chi connectivity index (χ1) is 7.71. The van der Waals surface area contributed by atoms with Gasteiger partial charge in [0.25, 0.3) is 0 Å². The maximum atomic E-state index is 10.4. The SMILES string of the molecule is CCC(CC)C(O)C1CCOC2(CCC2)C1. The molecule has 1 aliphatic heterocycles. The van der Waals surface area contributed by atoms with Crippen LogP contribution < -0.4 is 0 Å². The monoisotopic (exact) mass is 226 g/mol. The van der Waals surface area contributed by atoms with Gasteiger partial charge in [0.1, 0.15) is 0 Å². The molecule has 1 heterocycles. The molecule has 0 aromatic rings. The van der Waals surface area contributed by atoms with Gasteiger partial charge in [-0.15, -0.1) is 0 Å². The summed E-state index contributed by atoms with van der Waals surface area (Å²) in [5.41, 5.74) is 0.177. The number of rotatable bonds is 4. The van der Waals surface area contributed by atoms with Crippen molar-refractivity contribution < 1.29 is 9.84 Å². The van der Waals surface area contributed by atoms with Crippen molar-refractivity contribution in [2.24, 2.45) is 11.8 Å². The highest BCUT2D eigenvalue weighted by molar-refractivity contribution is 4.96. The predicted octanol–water partition coefficient (Wildman–Crippen LogP) is 3.13. The van der Waals surface area contributed by atoms with Gasteiger partial charge in [0.2, 0.25) is 0 Å². The molecule has 1 saturated carbocycles. The molecule has 2 unspecified atom stereocenters. The summed E-state index contributed by atoms with van der Waals surface area (Å²) in [5, 5.41) is 10.4. The Kier molecular flexibility index (Phi) is 3.91. The number of aliphatic hydroxyl groups is 1. The van der Waals surface area contributed by atoms with Crippen molar-refractivity contribution in [2.75, 3.05) is 6.61 Å². The van der Waals surface area contributed by atoms with Crippen molar-refractivity contribution in [1.82, 2.24) is 0 Å². The van der Waals surface area contributed by atoms with Crippen molar-refractivity contribution in [3.63, 3.8) is 0 Å². The lowest BCUT2D eigenvalue weighted by Gasteiger charge is -2.48. The van der Waals surface area contributed by atoms with Crippen LogP contribution in [0.5, 0.6) is 0 Å². The fraction of sp³-hybridized carbons (Fsp3) is 1.00. The van der Waals surface area contributed by atoms with Gasteiger partial charge in [-0.3, -0.25) is 0 Å². The Bertz CT molecular complexity index is 219. The molecular formula is C14H26O2. The summed E-state index contributed by atoms with van der Waals surface area (Å²) >= 11 is 0. The van der Waals surface area contributed by atoms with E-state index in [9.17, 15) is 5.11 Å². The smallest absolute Gasteiger partial charge is 0.0686 e. The van der Waals surface area contributed by atoms with Crippen molar-refractivity contribution in [2.45, 2.75) is 70.5 Å². The van der Waals surface area contributed by atoms with Crippen LogP contribution in [0.4, 0.5) is 0 Å². The molecule has 0 aromatic carbocycles. The predicted molar refractivity (Wildman–Crippen MR) is 65.3 cm³/mol. The highest BCUT2D eigenvalue weighted by Crippen LogP contribution is 2.45. The second-order valence-electron chi connectivity index (χ2n) is 5.71. The van der Waals surface area contributed by atoms with Gasteiger partial charge >= 0.3 is 0 Å². The Morgan fingerprint density at radius 3 is 2.50 bits per heavy atom. The van der Waals surface area contributed by atoms with E-state index in [0.717, 1.165) is 32.3 Å². The summed E-state index contributed by atoms with van der Waals surface area (Å²) in [5.74, 6) is 0.971. The average Bonchev–Trinajstić information content (AvgIpc) is 2.28. The normalized spacial score (nSPS) is 30.4. The minimum absolute atomic E-state index is 0.101. The Labute approximate surface area is 99.4 Å². The van der Waals surface area contributed by atoms with Crippen LogP contribution >= 0.6 is 0 Å². The second kappa shape index (κ2) is 5.05. The zero-order valence-corrected chi connectivity index (χ0v) is 10.7. The van der Waals surface area contributed by atoms with Crippen LogP contribution in [0.25, 0.3) is 0 Å². The molecule has 1 aliphatic carbocycles. The molecule has 2 aliphatic rings. The van der Waals surface area contributed by atoms with Gasteiger partial charge in [0, 0.05) is 6.61 Å². The highest BCUT2D eigenvalue weighted by Gasteiger charge is 2.44. The third-order valence-corrected chi connectivity index (χ3v) is 4.81. The van der Waals surface area contributed by atoms with Gasteiger partial charge < -0.3 is 9.84 Å². The largest absolute Gasteiger partial charge is 0.393 e. The molecule has 2 nitrogen and oxygen atoms in total. The highest BCUT2D eigenvalue weighted by atomic mass is 16.5. The first kappa shape index (κ1) is 12.4. The molecule has 0 aromatic heterocycles. The van der Waals surface area contributed by atoms with Crippen LogP contribution in [0.2, 0.25) is 0 Å². The van der Waals surface area contributed by atoms with Crippen LogP contribution in [0.15, 0.2) is 0 Å². The van der Waals surface area contributed by atoms with Crippen molar-refractivity contribution in [3.8, 4) is 0 Å². The third kappa shape index (κ3) is 2.28. The lowest BCUT2D eigenvalue weighted by molar-refractivity contribution is -0.161. The average molecular weight is 226 g/mol. The molecule has 0 radical (unpaired) electrons. The molecule has 2 heteroatoms. The zero-order valence-electron chi connectivity index (χ0n) is 10.7. The minimum atomic E-state index is -0.101. The number of hydrogen-bond acceptors (Lipinski definition) is 2. The van der Waals surface area contributed by atoms with E-state index in [4.69, 9.17) is 4.74 Å². The molecule has 2 atom stereocenters. The molecule has 94 valence electrons. The summed E-state index contributed by atoms with van der Waals surface area (Å²) in [6.07, 6.45) is 8.01. The lowest BCUT2D eigenvalue weighted by atomic mass is 9.69. The molecule has 2 rings (SSSR count). The Hall–Kier alpha value is -0.0800. The summed E-state index contributed by atoms with van der Waals surface area (Å²) in [4.78, 5) is 0. The Morgan fingerprint density at radius 2 is 2.00 bits per heavy atom. The topological polar surface area (TPSA) is 29.5 Å². The fourth-order valence-corrected chi connectivity index (χ4v) is 3.43. The van der Waals surface area contributed by atoms with E-state index >= 15 is 0 Å². The summed E-state index contributed by atoms with van der Waals surface area (Å²) in [6.45, 7) is 5.24. The van der Waals surface area contributed by atoms with E-state index in [-0.39, 0.29) is 11.7 Å². The van der Waals surface area contributed by atoms with E-state index < -0.39 is 0 Å². The first-order valence-corrected chi connectivity index (χ1v) is 7.03. The summed E-state index contributed by atoms with van der Waals surface area (Å²) in [7, 11) is 0. The van der Waals surface area contributed by atoms with Crippen LogP contribution in [0.3, 0.4) is 0 Å². The van der Waals surface area contributed by atoms with E-state index in [1.54, 1.807) is 0 Å². The Morgan fingerprint density at radius 1 is 1.31 bits per heavy atom. The molecule has 1 spiro atoms. The van der Waals surface area contributed by atoms with Crippen LogP contribution in [0, 0.1) is 11.8 Å². The molecule has 0 amide bonds. The number of aliphatic hydroxyl groups excluding tert-OH is 1. The maximum Gasteiger partial charge on any atom is 0.0686 e. The van der Waals surface area contributed by atoms with Gasteiger partial charge in [0.05, 0.1) is 11.7 Å². The molecule has 0 bridgehead atoms. The summed E-state index contributed by atoms with van der Waals surface area (Å²) < 4.78 is 5.92. The Balaban J connectivity index is 1.92. The lowest BCUT2D eigenvalue weighted by Crippen LogP contribution is -2.48. The van der Waals surface area contributed by atoms with Gasteiger partial charge in [0.15, 0.2) is 0 Å². The number of hydrogen-bond donors (Lipinski definition) is 1. The van der Waals surface area contributed by atoms with E-state index in [0.29, 0.717) is 11.8 Å². The second-order valence-corrected chi connectivity index (χ2v) is 5.71. The van der Waals surface area contributed by atoms with Crippen LogP contribution in [-0.4, -0.2) is 23.4 Å². The van der Waals surface area contributed by atoms with Crippen molar-refractivity contribution >= 4 is 0 Å².